The minimum atomic E-state index is -1.05. The molecule has 0 aliphatic rings. The summed E-state index contributed by atoms with van der Waals surface area (Å²) < 4.78 is 26.4. The zero-order valence-electron chi connectivity index (χ0n) is 8.45. The van der Waals surface area contributed by atoms with E-state index >= 15 is 0 Å². The van der Waals surface area contributed by atoms with Crippen molar-refractivity contribution in [3.63, 3.8) is 0 Å². The second kappa shape index (κ2) is 4.71. The molecule has 0 atom stereocenters. The van der Waals surface area contributed by atoms with Gasteiger partial charge in [0.2, 0.25) is 5.78 Å². The van der Waals surface area contributed by atoms with Crippen LogP contribution in [-0.4, -0.2) is 10.8 Å². The average molecular weight is 298 g/mol. The second-order valence-electron chi connectivity index (χ2n) is 3.32. The van der Waals surface area contributed by atoms with Crippen molar-refractivity contribution in [3.05, 3.63) is 63.9 Å². The topological polar surface area (TPSA) is 30.0 Å². The van der Waals surface area contributed by atoms with Crippen LogP contribution < -0.4 is 0 Å². The van der Waals surface area contributed by atoms with Crippen LogP contribution in [0, 0.1) is 11.6 Å². The molecular formula is C12H6BrF2NO. The fourth-order valence-corrected chi connectivity index (χ4v) is 1.53. The minimum absolute atomic E-state index is 0.0683. The predicted octanol–water partition coefficient (Wildman–Crippen LogP) is 3.35. The van der Waals surface area contributed by atoms with Gasteiger partial charge in [0.25, 0.3) is 0 Å². The predicted molar refractivity (Wildman–Crippen MR) is 61.7 cm³/mol. The molecule has 1 aromatic heterocycles. The number of rotatable bonds is 2. The molecule has 0 aliphatic heterocycles. The lowest BCUT2D eigenvalue weighted by atomic mass is 10.1. The van der Waals surface area contributed by atoms with E-state index in [0.717, 1.165) is 16.6 Å². The van der Waals surface area contributed by atoms with Crippen LogP contribution in [0.25, 0.3) is 0 Å². The molecule has 5 heteroatoms. The monoisotopic (exact) mass is 297 g/mol. The highest BCUT2D eigenvalue weighted by Gasteiger charge is 2.12. The van der Waals surface area contributed by atoms with Crippen molar-refractivity contribution in [3.8, 4) is 0 Å². The lowest BCUT2D eigenvalue weighted by Crippen LogP contribution is -2.04. The first-order valence-electron chi connectivity index (χ1n) is 4.69. The van der Waals surface area contributed by atoms with E-state index in [1.807, 2.05) is 0 Å². The maximum absolute atomic E-state index is 13.0. The molecule has 1 heterocycles. The SMILES string of the molecule is O=C(c1ccc(F)c(F)c1)c1ccc(Br)cn1. The van der Waals surface area contributed by atoms with Gasteiger partial charge in [-0.25, -0.2) is 8.78 Å². The highest BCUT2D eigenvalue weighted by molar-refractivity contribution is 9.10. The van der Waals surface area contributed by atoms with Crippen LogP contribution in [0.2, 0.25) is 0 Å². The number of benzene rings is 1. The molecule has 0 spiro atoms. The van der Waals surface area contributed by atoms with Crippen molar-refractivity contribution in [1.29, 1.82) is 0 Å². The normalized spacial score (nSPS) is 10.3. The quantitative estimate of drug-likeness (QED) is 0.796. The number of carbonyl (C=O) groups is 1. The molecule has 0 saturated carbocycles. The van der Waals surface area contributed by atoms with Gasteiger partial charge >= 0.3 is 0 Å². The van der Waals surface area contributed by atoms with Crippen molar-refractivity contribution in [2.75, 3.05) is 0 Å². The lowest BCUT2D eigenvalue weighted by Gasteiger charge is -2.01. The maximum atomic E-state index is 13.0. The molecule has 1 aromatic carbocycles. The fourth-order valence-electron chi connectivity index (χ4n) is 1.30. The Morgan fingerprint density at radius 1 is 1.12 bits per heavy atom. The van der Waals surface area contributed by atoms with Crippen molar-refractivity contribution < 1.29 is 13.6 Å². The molecule has 2 nitrogen and oxygen atoms in total. The number of hydrogen-bond acceptors (Lipinski definition) is 2. The number of hydrogen-bond donors (Lipinski definition) is 0. The van der Waals surface area contributed by atoms with Gasteiger partial charge in [-0.3, -0.25) is 9.78 Å². The first kappa shape index (κ1) is 11.9. The van der Waals surface area contributed by atoms with E-state index < -0.39 is 17.4 Å². The molecule has 17 heavy (non-hydrogen) atoms. The smallest absolute Gasteiger partial charge is 0.211 e. The van der Waals surface area contributed by atoms with E-state index in [1.54, 1.807) is 6.07 Å². The van der Waals surface area contributed by atoms with E-state index in [2.05, 4.69) is 20.9 Å². The zero-order chi connectivity index (χ0) is 12.4. The van der Waals surface area contributed by atoms with Crippen molar-refractivity contribution in [2.45, 2.75) is 0 Å². The van der Waals surface area contributed by atoms with E-state index in [-0.39, 0.29) is 11.3 Å². The standard InChI is InChI=1S/C12H6BrF2NO/c13-8-2-4-11(16-6-8)12(17)7-1-3-9(14)10(15)5-7/h1-6H. The Kier molecular flexibility index (Phi) is 3.28. The Morgan fingerprint density at radius 3 is 2.47 bits per heavy atom. The number of nitrogens with zero attached hydrogens (tertiary/aromatic N) is 1. The summed E-state index contributed by atoms with van der Waals surface area (Å²) in [4.78, 5) is 15.7. The third-order valence-electron chi connectivity index (χ3n) is 2.14. The third-order valence-corrected chi connectivity index (χ3v) is 2.61. The number of pyridine rings is 1. The highest BCUT2D eigenvalue weighted by Crippen LogP contribution is 2.14. The van der Waals surface area contributed by atoms with Crippen LogP contribution in [0.4, 0.5) is 8.78 Å². The van der Waals surface area contributed by atoms with Gasteiger partial charge in [-0.1, -0.05) is 0 Å². The molecule has 0 amide bonds. The molecule has 2 aromatic rings. The Balaban J connectivity index is 2.37. The van der Waals surface area contributed by atoms with Crippen molar-refractivity contribution in [1.82, 2.24) is 4.98 Å². The summed E-state index contributed by atoms with van der Waals surface area (Å²) in [5.41, 5.74) is 0.248. The number of aromatic nitrogens is 1. The van der Waals surface area contributed by atoms with Crippen LogP contribution in [-0.2, 0) is 0 Å². The average Bonchev–Trinajstić information content (AvgIpc) is 2.33. The van der Waals surface area contributed by atoms with Gasteiger partial charge in [0, 0.05) is 16.2 Å². The largest absolute Gasteiger partial charge is 0.287 e. The summed E-state index contributed by atoms with van der Waals surface area (Å²) >= 11 is 3.19. The summed E-state index contributed by atoms with van der Waals surface area (Å²) in [5.74, 6) is -2.48. The van der Waals surface area contributed by atoms with Crippen LogP contribution >= 0.6 is 15.9 Å². The fraction of sp³-hybridized carbons (Fsp3) is 0. The number of halogens is 3. The minimum Gasteiger partial charge on any atom is -0.287 e. The Labute approximate surface area is 104 Å². The first-order valence-corrected chi connectivity index (χ1v) is 5.48. The first-order chi connectivity index (χ1) is 8.08. The molecule has 86 valence electrons. The zero-order valence-corrected chi connectivity index (χ0v) is 10.0. The Morgan fingerprint density at radius 2 is 1.88 bits per heavy atom. The molecule has 0 radical (unpaired) electrons. The Bertz CT molecular complexity index is 569. The summed E-state index contributed by atoms with van der Waals surface area (Å²) in [6.07, 6.45) is 1.47. The van der Waals surface area contributed by atoms with Crippen molar-refractivity contribution >= 4 is 21.7 Å². The molecule has 0 saturated heterocycles. The van der Waals surface area contributed by atoms with E-state index in [4.69, 9.17) is 0 Å². The van der Waals surface area contributed by atoms with Crippen molar-refractivity contribution in [2.24, 2.45) is 0 Å². The van der Waals surface area contributed by atoms with Crippen LogP contribution in [0.1, 0.15) is 16.1 Å². The second-order valence-corrected chi connectivity index (χ2v) is 4.24. The van der Waals surface area contributed by atoms with E-state index in [0.29, 0.717) is 0 Å². The van der Waals surface area contributed by atoms with Crippen LogP contribution in [0.3, 0.4) is 0 Å². The van der Waals surface area contributed by atoms with Gasteiger partial charge < -0.3 is 0 Å². The third kappa shape index (κ3) is 2.55. The lowest BCUT2D eigenvalue weighted by molar-refractivity contribution is 0.103. The number of carbonyl (C=O) groups excluding carboxylic acids is 1. The van der Waals surface area contributed by atoms with Gasteiger partial charge in [-0.05, 0) is 46.3 Å². The number of ketones is 1. The van der Waals surface area contributed by atoms with E-state index in [9.17, 15) is 13.6 Å². The summed E-state index contributed by atoms with van der Waals surface area (Å²) in [6, 6.07) is 6.17. The molecule has 0 aliphatic carbocycles. The molecule has 2 rings (SSSR count). The molecule has 0 fully saturated rings. The molecule has 0 N–H and O–H groups in total. The Hall–Kier alpha value is -1.62. The van der Waals surface area contributed by atoms with Crippen LogP contribution in [0.5, 0.6) is 0 Å². The molecule has 0 bridgehead atoms. The summed E-state index contributed by atoms with van der Waals surface area (Å²) in [5, 5.41) is 0. The van der Waals surface area contributed by atoms with E-state index in [1.165, 1.54) is 18.3 Å². The van der Waals surface area contributed by atoms with Gasteiger partial charge in [0.15, 0.2) is 11.6 Å². The molecular weight excluding hydrogens is 292 g/mol. The summed E-state index contributed by atoms with van der Waals surface area (Å²) in [7, 11) is 0. The highest BCUT2D eigenvalue weighted by atomic mass is 79.9. The van der Waals surface area contributed by atoms with Crippen LogP contribution in [0.15, 0.2) is 41.0 Å². The molecule has 0 unspecified atom stereocenters. The van der Waals surface area contributed by atoms with Gasteiger partial charge in [-0.2, -0.15) is 0 Å². The van der Waals surface area contributed by atoms with Gasteiger partial charge in [-0.15, -0.1) is 0 Å². The maximum Gasteiger partial charge on any atom is 0.211 e. The summed E-state index contributed by atoms with van der Waals surface area (Å²) in [6.45, 7) is 0. The van der Waals surface area contributed by atoms with Gasteiger partial charge in [0.05, 0.1) is 0 Å². The van der Waals surface area contributed by atoms with Gasteiger partial charge in [0.1, 0.15) is 5.69 Å².